The molecule has 9 heteroatoms. The fourth-order valence-corrected chi connectivity index (χ4v) is 3.84. The highest BCUT2D eigenvalue weighted by Crippen LogP contribution is 2.34. The number of piperidine rings is 1. The Morgan fingerprint density at radius 3 is 2.83 bits per heavy atom. The van der Waals surface area contributed by atoms with Crippen molar-refractivity contribution in [2.75, 3.05) is 11.9 Å². The summed E-state index contributed by atoms with van der Waals surface area (Å²) in [6.45, 7) is 2.55. The van der Waals surface area contributed by atoms with E-state index in [2.05, 4.69) is 27.2 Å². The van der Waals surface area contributed by atoms with Crippen molar-refractivity contribution in [3.63, 3.8) is 0 Å². The van der Waals surface area contributed by atoms with Gasteiger partial charge in [-0.25, -0.2) is 4.98 Å². The summed E-state index contributed by atoms with van der Waals surface area (Å²) in [6, 6.07) is 7.01. The summed E-state index contributed by atoms with van der Waals surface area (Å²) in [5.41, 5.74) is 8.33. The molecular weight excluding hydrogens is 384 g/mol. The van der Waals surface area contributed by atoms with E-state index in [0.717, 1.165) is 29.4 Å². The number of H-pyrrole nitrogens is 1. The number of nitrogens with zero attached hydrogens (tertiary/aromatic N) is 3. The lowest BCUT2D eigenvalue weighted by Crippen LogP contribution is -2.46. The Kier molecular flexibility index (Phi) is 5.18. The Morgan fingerprint density at radius 1 is 1.20 bits per heavy atom. The molecule has 3 amide bonds. The normalized spacial score (nSPS) is 18.9. The molecule has 1 aliphatic rings. The van der Waals surface area contributed by atoms with Crippen LogP contribution in [0, 0.1) is 5.92 Å². The first kappa shape index (κ1) is 19.6. The average Bonchev–Trinajstić information content (AvgIpc) is 3.21. The largest absolute Gasteiger partial charge is 0.366 e. The first-order chi connectivity index (χ1) is 14.4. The second-order valence-electron chi connectivity index (χ2n) is 7.62. The van der Waals surface area contributed by atoms with Crippen molar-refractivity contribution in [2.45, 2.75) is 25.8 Å². The summed E-state index contributed by atoms with van der Waals surface area (Å²) < 4.78 is 0. The molecule has 3 heterocycles. The highest BCUT2D eigenvalue weighted by Gasteiger charge is 2.34. The number of carbonyl (C=O) groups is 3. The molecular formula is C21H22N6O3. The summed E-state index contributed by atoms with van der Waals surface area (Å²) in [5.74, 6) is -1.78. The molecule has 0 saturated carbocycles. The lowest BCUT2D eigenvalue weighted by atomic mass is 9.89. The van der Waals surface area contributed by atoms with Gasteiger partial charge in [0, 0.05) is 12.7 Å². The number of aromatic nitrogens is 3. The fraction of sp³-hybridized carbons (Fsp3) is 0.286. The molecule has 1 aromatic carbocycles. The number of fused-ring (bicyclic) bond motifs is 1. The highest BCUT2D eigenvalue weighted by molar-refractivity contribution is 6.39. The summed E-state index contributed by atoms with van der Waals surface area (Å²) in [5, 5.41) is 2.53. The first-order valence-corrected chi connectivity index (χ1v) is 9.72. The summed E-state index contributed by atoms with van der Waals surface area (Å²) >= 11 is 0. The highest BCUT2D eigenvalue weighted by atomic mass is 16.2. The zero-order chi connectivity index (χ0) is 21.3. The monoisotopic (exact) mass is 406 g/mol. The van der Waals surface area contributed by atoms with Gasteiger partial charge >= 0.3 is 11.8 Å². The molecule has 0 bridgehead atoms. The van der Waals surface area contributed by atoms with Gasteiger partial charge in [-0.05, 0) is 42.5 Å². The number of nitrogens with two attached hydrogens (primary N) is 1. The van der Waals surface area contributed by atoms with E-state index >= 15 is 0 Å². The van der Waals surface area contributed by atoms with Crippen LogP contribution in [0.4, 0.5) is 5.69 Å². The number of primary amides is 1. The molecule has 4 N–H and O–H groups in total. The molecule has 2 unspecified atom stereocenters. The number of benzene rings is 1. The number of imidazole rings is 1. The Bertz CT molecular complexity index is 1120. The molecule has 4 rings (SSSR count). The van der Waals surface area contributed by atoms with E-state index in [1.54, 1.807) is 11.2 Å². The zero-order valence-corrected chi connectivity index (χ0v) is 16.5. The molecule has 9 nitrogen and oxygen atoms in total. The third kappa shape index (κ3) is 3.86. The third-order valence-electron chi connectivity index (χ3n) is 5.38. The van der Waals surface area contributed by atoms with Crippen molar-refractivity contribution in [1.82, 2.24) is 19.9 Å². The summed E-state index contributed by atoms with van der Waals surface area (Å²) in [6.07, 6.45) is 6.01. The van der Waals surface area contributed by atoms with Crippen molar-refractivity contribution in [2.24, 2.45) is 11.7 Å². The van der Waals surface area contributed by atoms with Gasteiger partial charge in [-0.1, -0.05) is 13.0 Å². The smallest absolute Gasteiger partial charge is 0.313 e. The van der Waals surface area contributed by atoms with Crippen LogP contribution < -0.4 is 11.1 Å². The second kappa shape index (κ2) is 7.94. The molecule has 1 saturated heterocycles. The van der Waals surface area contributed by atoms with Gasteiger partial charge in [0.1, 0.15) is 0 Å². The van der Waals surface area contributed by atoms with E-state index in [1.165, 1.54) is 18.5 Å². The van der Waals surface area contributed by atoms with Crippen molar-refractivity contribution in [1.29, 1.82) is 0 Å². The molecule has 2 aromatic heterocycles. The van der Waals surface area contributed by atoms with E-state index in [1.807, 2.05) is 18.2 Å². The topological polar surface area (TPSA) is 134 Å². The molecule has 30 heavy (non-hydrogen) atoms. The molecule has 0 radical (unpaired) electrons. The van der Waals surface area contributed by atoms with E-state index in [0.29, 0.717) is 6.54 Å². The van der Waals surface area contributed by atoms with Crippen LogP contribution in [0.3, 0.4) is 0 Å². The maximum atomic E-state index is 13.0. The third-order valence-corrected chi connectivity index (χ3v) is 5.38. The van der Waals surface area contributed by atoms with Gasteiger partial charge in [0.25, 0.3) is 0 Å². The summed E-state index contributed by atoms with van der Waals surface area (Å²) in [4.78, 5) is 49.9. The van der Waals surface area contributed by atoms with Gasteiger partial charge in [0.15, 0.2) is 0 Å². The van der Waals surface area contributed by atoms with Crippen LogP contribution in [0.25, 0.3) is 11.0 Å². The number of hydrogen-bond acceptors (Lipinski definition) is 5. The number of nitrogens with one attached hydrogen (secondary N) is 2. The SMILES string of the molecule is CC1CCC(c2ccc3nc[nH]c3c2)N(C(=O)C(=O)Nc2cncc(C(N)=O)c2)C1. The Labute approximate surface area is 172 Å². The number of amides is 3. The van der Waals surface area contributed by atoms with Gasteiger partial charge in [-0.2, -0.15) is 0 Å². The first-order valence-electron chi connectivity index (χ1n) is 9.72. The standard InChI is InChI=1S/C21H22N6O3/c1-12-2-5-18(13-3-4-16-17(7-13)25-11-24-16)27(10-12)21(30)20(29)26-15-6-14(19(22)28)8-23-9-15/h3-4,6-9,11-12,18H,2,5,10H2,1H3,(H2,22,28)(H,24,25)(H,26,29). The van der Waals surface area contributed by atoms with Gasteiger partial charge in [-0.15, -0.1) is 0 Å². The minimum Gasteiger partial charge on any atom is -0.366 e. The lowest BCUT2D eigenvalue weighted by molar-refractivity contribution is -0.146. The minimum absolute atomic E-state index is 0.151. The number of aromatic amines is 1. The zero-order valence-electron chi connectivity index (χ0n) is 16.5. The fourth-order valence-electron chi connectivity index (χ4n) is 3.84. The van der Waals surface area contributed by atoms with Crippen LogP contribution in [-0.2, 0) is 9.59 Å². The molecule has 1 fully saturated rings. The maximum Gasteiger partial charge on any atom is 0.313 e. The predicted octanol–water partition coefficient (Wildman–Crippen LogP) is 2.00. The molecule has 3 aromatic rings. The van der Waals surface area contributed by atoms with Crippen molar-refractivity contribution < 1.29 is 14.4 Å². The van der Waals surface area contributed by atoms with E-state index in [-0.39, 0.29) is 23.2 Å². The van der Waals surface area contributed by atoms with Crippen LogP contribution in [0.1, 0.15) is 41.7 Å². The van der Waals surface area contributed by atoms with E-state index in [4.69, 9.17) is 5.73 Å². The van der Waals surface area contributed by atoms with Crippen LogP contribution in [0.2, 0.25) is 0 Å². The van der Waals surface area contributed by atoms with Gasteiger partial charge in [-0.3, -0.25) is 19.4 Å². The van der Waals surface area contributed by atoms with Crippen molar-refractivity contribution in [3.05, 3.63) is 54.1 Å². The molecule has 154 valence electrons. The maximum absolute atomic E-state index is 13.0. The quantitative estimate of drug-likeness (QED) is 0.572. The van der Waals surface area contributed by atoms with Gasteiger partial charge < -0.3 is 20.9 Å². The molecule has 2 atom stereocenters. The van der Waals surface area contributed by atoms with Crippen molar-refractivity contribution in [3.8, 4) is 0 Å². The number of pyridine rings is 1. The number of carbonyl (C=O) groups excluding carboxylic acids is 3. The van der Waals surface area contributed by atoms with Crippen LogP contribution in [0.5, 0.6) is 0 Å². The predicted molar refractivity (Wildman–Crippen MR) is 110 cm³/mol. The van der Waals surface area contributed by atoms with E-state index < -0.39 is 17.7 Å². The minimum atomic E-state index is -0.778. The van der Waals surface area contributed by atoms with Crippen LogP contribution >= 0.6 is 0 Å². The number of anilines is 1. The number of hydrogen-bond donors (Lipinski definition) is 3. The van der Waals surface area contributed by atoms with E-state index in [9.17, 15) is 14.4 Å². The molecule has 0 spiro atoms. The van der Waals surface area contributed by atoms with Crippen LogP contribution in [-0.4, -0.2) is 44.1 Å². The number of likely N-dealkylation sites (tertiary alicyclic amines) is 1. The Balaban J connectivity index is 1.56. The van der Waals surface area contributed by atoms with Crippen LogP contribution in [0.15, 0.2) is 43.0 Å². The number of rotatable bonds is 3. The van der Waals surface area contributed by atoms with Gasteiger partial charge in [0.05, 0.1) is 40.9 Å². The molecule has 1 aliphatic heterocycles. The van der Waals surface area contributed by atoms with Gasteiger partial charge in [0.2, 0.25) is 5.91 Å². The second-order valence-corrected chi connectivity index (χ2v) is 7.62. The lowest BCUT2D eigenvalue weighted by Gasteiger charge is -2.38. The molecule has 0 aliphatic carbocycles. The summed E-state index contributed by atoms with van der Waals surface area (Å²) in [7, 11) is 0. The van der Waals surface area contributed by atoms with Crippen molar-refractivity contribution >= 4 is 34.4 Å². The average molecular weight is 406 g/mol. The Hall–Kier alpha value is -3.75. The Morgan fingerprint density at radius 2 is 2.03 bits per heavy atom.